The SMILES string of the molecule is C/C(=N/Nc1sc(C)c(-c2ccccc2)[n+]1Cc1ccco1)c1ccccc1. The number of aryl methyl sites for hydroxylation is 1. The molecule has 0 atom stereocenters. The molecule has 0 bridgehead atoms. The zero-order valence-electron chi connectivity index (χ0n) is 15.9. The highest BCUT2D eigenvalue weighted by Crippen LogP contribution is 2.29. The van der Waals surface area contributed by atoms with Crippen LogP contribution in [0.15, 0.2) is 88.6 Å². The number of anilines is 1. The molecule has 2 aromatic heterocycles. The number of rotatable bonds is 6. The monoisotopic (exact) mass is 388 g/mol. The van der Waals surface area contributed by atoms with Gasteiger partial charge >= 0.3 is 5.13 Å². The van der Waals surface area contributed by atoms with Gasteiger partial charge in [-0.1, -0.05) is 65.8 Å². The second kappa shape index (κ2) is 8.23. The Morgan fingerprint density at radius 1 is 1.00 bits per heavy atom. The maximum atomic E-state index is 5.61. The highest BCUT2D eigenvalue weighted by Gasteiger charge is 2.24. The van der Waals surface area contributed by atoms with E-state index in [0.717, 1.165) is 22.2 Å². The van der Waals surface area contributed by atoms with Crippen LogP contribution in [0.5, 0.6) is 0 Å². The van der Waals surface area contributed by atoms with E-state index in [1.807, 2.05) is 43.3 Å². The Labute approximate surface area is 168 Å². The summed E-state index contributed by atoms with van der Waals surface area (Å²) in [4.78, 5) is 1.23. The lowest BCUT2D eigenvalue weighted by Crippen LogP contribution is -2.37. The van der Waals surface area contributed by atoms with Crippen LogP contribution in [0.2, 0.25) is 0 Å². The Morgan fingerprint density at radius 2 is 1.71 bits per heavy atom. The first-order valence-electron chi connectivity index (χ1n) is 9.19. The van der Waals surface area contributed by atoms with Crippen molar-refractivity contribution < 1.29 is 8.98 Å². The number of thiazole rings is 1. The van der Waals surface area contributed by atoms with Gasteiger partial charge < -0.3 is 4.42 Å². The number of hydrogen-bond donors (Lipinski definition) is 1. The smallest absolute Gasteiger partial charge is 0.360 e. The van der Waals surface area contributed by atoms with Crippen LogP contribution in [0.3, 0.4) is 0 Å². The lowest BCUT2D eigenvalue weighted by molar-refractivity contribution is -0.661. The molecule has 0 spiro atoms. The lowest BCUT2D eigenvalue weighted by atomic mass is 10.1. The highest BCUT2D eigenvalue weighted by atomic mass is 32.1. The van der Waals surface area contributed by atoms with Crippen LogP contribution in [0, 0.1) is 6.92 Å². The number of nitrogens with zero attached hydrogens (tertiary/aromatic N) is 2. The summed E-state index contributed by atoms with van der Waals surface area (Å²) >= 11 is 1.70. The Morgan fingerprint density at radius 3 is 2.39 bits per heavy atom. The molecule has 0 saturated heterocycles. The topological polar surface area (TPSA) is 41.4 Å². The number of benzene rings is 2. The maximum absolute atomic E-state index is 5.61. The molecular weight excluding hydrogens is 366 g/mol. The van der Waals surface area contributed by atoms with Gasteiger partial charge in [-0.25, -0.2) is 4.57 Å². The second-order valence-corrected chi connectivity index (χ2v) is 7.72. The molecule has 2 heterocycles. The maximum Gasteiger partial charge on any atom is 0.360 e. The highest BCUT2D eigenvalue weighted by molar-refractivity contribution is 7.15. The minimum absolute atomic E-state index is 0.643. The quantitative estimate of drug-likeness (QED) is 0.270. The molecule has 5 heteroatoms. The van der Waals surface area contributed by atoms with E-state index in [-0.39, 0.29) is 0 Å². The Balaban J connectivity index is 1.72. The number of aromatic nitrogens is 1. The van der Waals surface area contributed by atoms with Crippen LogP contribution in [0.25, 0.3) is 11.3 Å². The Kier molecular flexibility index (Phi) is 5.35. The summed E-state index contributed by atoms with van der Waals surface area (Å²) in [6.07, 6.45) is 1.71. The lowest BCUT2D eigenvalue weighted by Gasteiger charge is -2.05. The average Bonchev–Trinajstić information content (AvgIpc) is 3.35. The van der Waals surface area contributed by atoms with Gasteiger partial charge in [0.2, 0.25) is 0 Å². The predicted molar refractivity (Wildman–Crippen MR) is 115 cm³/mol. The zero-order valence-corrected chi connectivity index (χ0v) is 16.7. The summed E-state index contributed by atoms with van der Waals surface area (Å²) < 4.78 is 7.84. The molecule has 28 heavy (non-hydrogen) atoms. The van der Waals surface area contributed by atoms with Gasteiger partial charge in [-0.3, -0.25) is 0 Å². The molecule has 140 valence electrons. The summed E-state index contributed by atoms with van der Waals surface area (Å²) in [5.41, 5.74) is 7.68. The summed E-state index contributed by atoms with van der Waals surface area (Å²) in [5, 5.41) is 5.60. The molecule has 0 aliphatic carbocycles. The number of nitrogens with one attached hydrogen (secondary N) is 1. The molecule has 0 aliphatic rings. The minimum Gasteiger partial charge on any atom is -0.465 e. The molecule has 0 saturated carbocycles. The first kappa shape index (κ1) is 18.2. The Hall–Kier alpha value is -3.18. The largest absolute Gasteiger partial charge is 0.465 e. The summed E-state index contributed by atoms with van der Waals surface area (Å²) in [5.74, 6) is 0.909. The number of hydrogen-bond acceptors (Lipinski definition) is 4. The van der Waals surface area contributed by atoms with Crippen molar-refractivity contribution in [3.63, 3.8) is 0 Å². The van der Waals surface area contributed by atoms with Crippen molar-refractivity contribution in [3.8, 4) is 11.3 Å². The van der Waals surface area contributed by atoms with Crippen molar-refractivity contribution in [3.05, 3.63) is 95.3 Å². The van der Waals surface area contributed by atoms with Gasteiger partial charge in [-0.2, -0.15) is 0 Å². The third-order valence-electron chi connectivity index (χ3n) is 4.55. The molecule has 0 amide bonds. The molecule has 4 rings (SSSR count). The van der Waals surface area contributed by atoms with Gasteiger partial charge in [0.15, 0.2) is 0 Å². The van der Waals surface area contributed by atoms with Crippen LogP contribution in [-0.2, 0) is 6.54 Å². The molecule has 4 aromatic rings. The summed E-state index contributed by atoms with van der Waals surface area (Å²) in [6.45, 7) is 4.80. The summed E-state index contributed by atoms with van der Waals surface area (Å²) in [7, 11) is 0. The fourth-order valence-electron chi connectivity index (χ4n) is 3.16. The van der Waals surface area contributed by atoms with E-state index in [1.54, 1.807) is 17.6 Å². The molecule has 0 unspecified atom stereocenters. The van der Waals surface area contributed by atoms with Crippen molar-refractivity contribution >= 4 is 22.2 Å². The molecular formula is C23H22N3OS+. The fraction of sp³-hybridized carbons (Fsp3) is 0.130. The normalized spacial score (nSPS) is 11.6. The van der Waals surface area contributed by atoms with Crippen LogP contribution < -0.4 is 9.99 Å². The van der Waals surface area contributed by atoms with Crippen LogP contribution in [-0.4, -0.2) is 5.71 Å². The third kappa shape index (κ3) is 3.89. The second-order valence-electron chi connectivity index (χ2n) is 6.52. The molecule has 0 aliphatic heterocycles. The average molecular weight is 389 g/mol. The van der Waals surface area contributed by atoms with E-state index in [2.05, 4.69) is 58.4 Å². The molecule has 1 N–H and O–H groups in total. The van der Waals surface area contributed by atoms with Crippen LogP contribution in [0.1, 0.15) is 23.1 Å². The molecule has 4 nitrogen and oxygen atoms in total. The van der Waals surface area contributed by atoms with Gasteiger partial charge in [0.25, 0.3) is 0 Å². The number of hydrazone groups is 1. The van der Waals surface area contributed by atoms with Crippen molar-refractivity contribution in [2.45, 2.75) is 20.4 Å². The third-order valence-corrected chi connectivity index (χ3v) is 5.55. The standard InChI is InChI=1S/C23H21N3OS/c1-17(19-10-5-3-6-11-19)24-25-23-26(16-21-14-9-15-27-21)22(18(2)28-23)20-12-7-4-8-13-20/h3-15H,16H2,1-2H3/p+1/b24-17-. The predicted octanol–water partition coefficient (Wildman–Crippen LogP) is 5.49. The molecule has 0 radical (unpaired) electrons. The van der Waals surface area contributed by atoms with Gasteiger partial charge in [0.1, 0.15) is 18.0 Å². The van der Waals surface area contributed by atoms with Crippen molar-refractivity contribution in [2.75, 3.05) is 5.43 Å². The van der Waals surface area contributed by atoms with Gasteiger partial charge in [0, 0.05) is 5.56 Å². The molecule has 0 fully saturated rings. The Bertz CT molecular complexity index is 1070. The summed E-state index contributed by atoms with van der Waals surface area (Å²) in [6, 6.07) is 24.5. The number of furan rings is 1. The molecule has 2 aromatic carbocycles. The van der Waals surface area contributed by atoms with Crippen molar-refractivity contribution in [1.82, 2.24) is 0 Å². The van der Waals surface area contributed by atoms with E-state index in [1.165, 1.54) is 16.1 Å². The minimum atomic E-state index is 0.643. The van der Waals surface area contributed by atoms with Crippen molar-refractivity contribution in [1.29, 1.82) is 0 Å². The van der Waals surface area contributed by atoms with Crippen LogP contribution >= 0.6 is 11.3 Å². The van der Waals surface area contributed by atoms with E-state index in [4.69, 9.17) is 4.42 Å². The van der Waals surface area contributed by atoms with Crippen LogP contribution in [0.4, 0.5) is 5.13 Å². The van der Waals surface area contributed by atoms with Gasteiger partial charge in [-0.15, -0.1) is 5.43 Å². The zero-order chi connectivity index (χ0) is 19.3. The van der Waals surface area contributed by atoms with E-state index in [9.17, 15) is 0 Å². The fourth-order valence-corrected chi connectivity index (χ4v) is 4.14. The van der Waals surface area contributed by atoms with E-state index in [0.29, 0.717) is 6.54 Å². The van der Waals surface area contributed by atoms with Gasteiger partial charge in [-0.05, 0) is 42.9 Å². The van der Waals surface area contributed by atoms with E-state index >= 15 is 0 Å². The first-order chi connectivity index (χ1) is 13.7. The van der Waals surface area contributed by atoms with E-state index < -0.39 is 0 Å². The van der Waals surface area contributed by atoms with Crippen molar-refractivity contribution in [2.24, 2.45) is 5.10 Å². The van der Waals surface area contributed by atoms with Gasteiger partial charge in [0.05, 0.1) is 16.9 Å². The first-order valence-corrected chi connectivity index (χ1v) is 10.0.